The summed E-state index contributed by atoms with van der Waals surface area (Å²) in [6.45, 7) is 12.8. The van der Waals surface area contributed by atoms with Crippen molar-refractivity contribution in [3.05, 3.63) is 11.7 Å². The van der Waals surface area contributed by atoms with Gasteiger partial charge in [0.15, 0.2) is 11.8 Å². The summed E-state index contributed by atoms with van der Waals surface area (Å²) >= 11 is 0. The van der Waals surface area contributed by atoms with Gasteiger partial charge in [0.1, 0.15) is 5.60 Å². The third-order valence-electron chi connectivity index (χ3n) is 2.83. The van der Waals surface area contributed by atoms with Crippen LogP contribution in [-0.4, -0.2) is 47.9 Å². The Hall–Kier alpha value is -2.32. The summed E-state index contributed by atoms with van der Waals surface area (Å²) in [4.78, 5) is 20.0. The van der Waals surface area contributed by atoms with Crippen molar-refractivity contribution < 1.29 is 14.1 Å². The molecule has 25 heavy (non-hydrogen) atoms. The Bertz CT molecular complexity index is 583. The minimum atomic E-state index is -0.508. The van der Waals surface area contributed by atoms with Gasteiger partial charge in [-0.05, 0) is 20.8 Å². The molecule has 3 N–H and O–H groups in total. The molecule has 0 fully saturated rings. The van der Waals surface area contributed by atoms with E-state index in [9.17, 15) is 4.79 Å². The van der Waals surface area contributed by atoms with Crippen molar-refractivity contribution in [2.75, 3.05) is 20.1 Å². The van der Waals surface area contributed by atoms with Gasteiger partial charge in [-0.2, -0.15) is 4.98 Å². The summed E-state index contributed by atoms with van der Waals surface area (Å²) < 4.78 is 10.4. The van der Waals surface area contributed by atoms with E-state index in [0.717, 1.165) is 0 Å². The molecule has 0 aliphatic rings. The van der Waals surface area contributed by atoms with Crippen LogP contribution in [0.2, 0.25) is 0 Å². The van der Waals surface area contributed by atoms with E-state index in [2.05, 4.69) is 31.1 Å². The molecular formula is C16H30N6O3. The van der Waals surface area contributed by atoms with Crippen molar-refractivity contribution in [3.63, 3.8) is 0 Å². The Morgan fingerprint density at radius 1 is 1.12 bits per heavy atom. The fraction of sp³-hybridized carbons (Fsp3) is 0.750. The van der Waals surface area contributed by atoms with Crippen LogP contribution in [0.1, 0.15) is 53.3 Å². The van der Waals surface area contributed by atoms with Gasteiger partial charge in [-0.1, -0.05) is 25.9 Å². The molecule has 1 rings (SSSR count). The van der Waals surface area contributed by atoms with Crippen molar-refractivity contribution in [2.45, 2.75) is 59.1 Å². The maximum absolute atomic E-state index is 11.5. The summed E-state index contributed by atoms with van der Waals surface area (Å²) in [6.07, 6.45) is -0.446. The van der Waals surface area contributed by atoms with E-state index >= 15 is 0 Å². The molecule has 0 bridgehead atoms. The molecule has 0 atom stereocenters. The number of carbonyl (C=O) groups excluding carboxylic acids is 1. The number of nitrogens with one attached hydrogen (secondary N) is 3. The Morgan fingerprint density at radius 2 is 1.76 bits per heavy atom. The van der Waals surface area contributed by atoms with Gasteiger partial charge < -0.3 is 25.2 Å². The molecular weight excluding hydrogens is 324 g/mol. The molecule has 1 heterocycles. The van der Waals surface area contributed by atoms with E-state index in [-0.39, 0.29) is 5.41 Å². The van der Waals surface area contributed by atoms with Gasteiger partial charge in [0.2, 0.25) is 5.89 Å². The lowest BCUT2D eigenvalue weighted by atomic mass is 9.97. The van der Waals surface area contributed by atoms with Gasteiger partial charge in [-0.25, -0.2) is 4.79 Å². The minimum absolute atomic E-state index is 0.182. The van der Waals surface area contributed by atoms with Crippen molar-refractivity contribution in [1.29, 1.82) is 0 Å². The van der Waals surface area contributed by atoms with Crippen molar-refractivity contribution in [2.24, 2.45) is 4.99 Å². The Labute approximate surface area is 149 Å². The summed E-state index contributed by atoms with van der Waals surface area (Å²) in [7, 11) is 1.66. The molecule has 0 aliphatic carbocycles. The zero-order valence-corrected chi connectivity index (χ0v) is 16.2. The zero-order chi connectivity index (χ0) is 19.1. The number of amides is 1. The monoisotopic (exact) mass is 354 g/mol. The van der Waals surface area contributed by atoms with E-state index in [1.165, 1.54) is 0 Å². The highest BCUT2D eigenvalue weighted by molar-refractivity contribution is 5.79. The molecule has 0 spiro atoms. The van der Waals surface area contributed by atoms with Crippen LogP contribution in [0.3, 0.4) is 0 Å². The van der Waals surface area contributed by atoms with Crippen LogP contribution < -0.4 is 16.0 Å². The van der Waals surface area contributed by atoms with E-state index < -0.39 is 11.7 Å². The van der Waals surface area contributed by atoms with Crippen LogP contribution in [-0.2, 0) is 16.7 Å². The number of hydrogen-bond donors (Lipinski definition) is 3. The Kier molecular flexibility index (Phi) is 7.20. The van der Waals surface area contributed by atoms with Crippen LogP contribution in [0, 0.1) is 0 Å². The molecule has 142 valence electrons. The molecule has 1 aromatic heterocycles. The molecule has 1 aromatic rings. The highest BCUT2D eigenvalue weighted by Crippen LogP contribution is 2.19. The van der Waals surface area contributed by atoms with Gasteiger partial charge >= 0.3 is 6.09 Å². The van der Waals surface area contributed by atoms with E-state index in [1.54, 1.807) is 7.05 Å². The lowest BCUT2D eigenvalue weighted by molar-refractivity contribution is 0.0529. The number of guanidine groups is 1. The van der Waals surface area contributed by atoms with E-state index in [1.807, 2.05) is 41.5 Å². The number of carbonyl (C=O) groups is 1. The molecule has 0 saturated heterocycles. The number of ether oxygens (including phenoxy) is 1. The highest BCUT2D eigenvalue weighted by Gasteiger charge is 2.21. The number of hydrogen-bond acceptors (Lipinski definition) is 6. The first-order chi connectivity index (χ1) is 11.5. The smallest absolute Gasteiger partial charge is 0.407 e. The van der Waals surface area contributed by atoms with Crippen molar-refractivity contribution >= 4 is 12.1 Å². The van der Waals surface area contributed by atoms with Gasteiger partial charge in [0.25, 0.3) is 0 Å². The average molecular weight is 354 g/mol. The first-order valence-electron chi connectivity index (χ1n) is 8.25. The summed E-state index contributed by atoms with van der Waals surface area (Å²) in [5.41, 5.74) is -0.690. The predicted octanol–water partition coefficient (Wildman–Crippen LogP) is 1.56. The van der Waals surface area contributed by atoms with Crippen LogP contribution >= 0.6 is 0 Å². The Balaban J connectivity index is 2.31. The van der Waals surface area contributed by atoms with Crippen LogP contribution in [0.25, 0.3) is 0 Å². The third-order valence-corrected chi connectivity index (χ3v) is 2.83. The first-order valence-corrected chi connectivity index (χ1v) is 8.25. The quantitative estimate of drug-likeness (QED) is 0.418. The van der Waals surface area contributed by atoms with Crippen LogP contribution in [0.15, 0.2) is 9.52 Å². The topological polar surface area (TPSA) is 114 Å². The molecule has 0 aliphatic heterocycles. The van der Waals surface area contributed by atoms with Gasteiger partial charge in [-0.15, -0.1) is 0 Å². The largest absolute Gasteiger partial charge is 0.444 e. The molecule has 9 heteroatoms. The van der Waals surface area contributed by atoms with E-state index in [4.69, 9.17) is 9.26 Å². The van der Waals surface area contributed by atoms with Gasteiger partial charge in [0, 0.05) is 25.6 Å². The predicted molar refractivity (Wildman–Crippen MR) is 95.4 cm³/mol. The molecule has 1 amide bonds. The second-order valence-corrected chi connectivity index (χ2v) is 7.55. The van der Waals surface area contributed by atoms with Gasteiger partial charge in [-0.3, -0.25) is 4.99 Å². The fourth-order valence-corrected chi connectivity index (χ4v) is 1.67. The SMILES string of the molecule is CN=C(NCCNC(=O)OC(C)(C)C)NCc1noc(C(C)(C)C)n1. The second kappa shape index (κ2) is 8.68. The maximum atomic E-state index is 11.5. The minimum Gasteiger partial charge on any atom is -0.444 e. The molecule has 0 saturated carbocycles. The van der Waals surface area contributed by atoms with Crippen molar-refractivity contribution in [3.8, 4) is 0 Å². The lowest BCUT2D eigenvalue weighted by Crippen LogP contribution is -2.42. The highest BCUT2D eigenvalue weighted by atomic mass is 16.6. The van der Waals surface area contributed by atoms with Crippen molar-refractivity contribution in [1.82, 2.24) is 26.1 Å². The number of aromatic nitrogens is 2. The normalized spacial score (nSPS) is 12.7. The summed E-state index contributed by atoms with van der Waals surface area (Å²) in [5, 5.41) is 12.8. The molecule has 9 nitrogen and oxygen atoms in total. The number of nitrogens with zero attached hydrogens (tertiary/aromatic N) is 3. The standard InChI is InChI=1S/C16H30N6O3/c1-15(2,3)12-21-11(22-25-12)10-20-13(17-7)18-8-9-19-14(23)24-16(4,5)6/h8-10H2,1-7H3,(H,19,23)(H2,17,18,20). The lowest BCUT2D eigenvalue weighted by Gasteiger charge is -2.19. The number of aliphatic imine (C=N–C) groups is 1. The van der Waals surface area contributed by atoms with Crippen LogP contribution in [0.4, 0.5) is 4.79 Å². The second-order valence-electron chi connectivity index (χ2n) is 7.55. The number of rotatable bonds is 5. The van der Waals surface area contributed by atoms with Gasteiger partial charge in [0.05, 0.1) is 6.54 Å². The summed E-state index contributed by atoms with van der Waals surface area (Å²) in [6, 6.07) is 0. The molecule has 0 unspecified atom stereocenters. The van der Waals surface area contributed by atoms with E-state index in [0.29, 0.717) is 37.3 Å². The summed E-state index contributed by atoms with van der Waals surface area (Å²) in [5.74, 6) is 1.72. The number of alkyl carbamates (subject to hydrolysis) is 1. The first kappa shape index (κ1) is 20.7. The fourth-order valence-electron chi connectivity index (χ4n) is 1.67. The maximum Gasteiger partial charge on any atom is 0.407 e. The average Bonchev–Trinajstić information content (AvgIpc) is 2.93. The molecule has 0 aromatic carbocycles. The van der Waals surface area contributed by atoms with Crippen LogP contribution in [0.5, 0.6) is 0 Å². The molecule has 0 radical (unpaired) electrons. The third kappa shape index (κ3) is 8.37. The Morgan fingerprint density at radius 3 is 2.28 bits per heavy atom. The zero-order valence-electron chi connectivity index (χ0n) is 16.2.